The second-order valence-electron chi connectivity index (χ2n) is 5.79. The highest BCUT2D eigenvalue weighted by Gasteiger charge is 2.04. The van der Waals surface area contributed by atoms with Crippen LogP contribution in [0.15, 0.2) is 34.6 Å². The van der Waals surface area contributed by atoms with Gasteiger partial charge in [0.2, 0.25) is 0 Å². The molecule has 2 aromatic rings. The van der Waals surface area contributed by atoms with Crippen molar-refractivity contribution in [2.24, 2.45) is 4.99 Å². The summed E-state index contributed by atoms with van der Waals surface area (Å²) in [5.41, 5.74) is 2.84. The van der Waals surface area contributed by atoms with Crippen molar-refractivity contribution in [3.63, 3.8) is 0 Å². The Morgan fingerprint density at radius 1 is 1.12 bits per heavy atom. The molecule has 0 aliphatic carbocycles. The molecule has 0 atom stereocenters. The summed E-state index contributed by atoms with van der Waals surface area (Å²) in [5, 5.41) is 12.6. The summed E-state index contributed by atoms with van der Waals surface area (Å²) < 4.78 is 0. The Kier molecular flexibility index (Phi) is 8.08. The van der Waals surface area contributed by atoms with E-state index in [1.165, 1.54) is 0 Å². The van der Waals surface area contributed by atoms with Gasteiger partial charge in [0, 0.05) is 37.0 Å². The number of aromatic nitrogens is 1. The third kappa shape index (κ3) is 6.48. The first-order valence-electron chi connectivity index (χ1n) is 8.92. The Balaban J connectivity index is 1.88. The average molecular weight is 374 g/mol. The van der Waals surface area contributed by atoms with Crippen molar-refractivity contribution >= 4 is 23.2 Å². The van der Waals surface area contributed by atoms with Gasteiger partial charge in [0.1, 0.15) is 0 Å². The lowest BCUT2D eigenvalue weighted by atomic mass is 10.1. The highest BCUT2D eigenvalue weighted by Crippen LogP contribution is 2.08. The Bertz CT molecular complexity index is 724. The van der Waals surface area contributed by atoms with E-state index in [1.54, 1.807) is 11.3 Å². The quantitative estimate of drug-likeness (QED) is 0.491. The molecule has 0 aliphatic heterocycles. The van der Waals surface area contributed by atoms with Gasteiger partial charge in [-0.2, -0.15) is 0 Å². The van der Waals surface area contributed by atoms with Gasteiger partial charge in [0.05, 0.1) is 17.2 Å². The van der Waals surface area contributed by atoms with Crippen molar-refractivity contribution in [2.75, 3.05) is 19.6 Å². The van der Waals surface area contributed by atoms with Crippen molar-refractivity contribution in [3.8, 4) is 0 Å². The molecule has 3 N–H and O–H groups in total. The molecule has 1 heterocycles. The molecule has 1 aromatic heterocycles. The van der Waals surface area contributed by atoms with Crippen LogP contribution in [-0.2, 0) is 13.0 Å². The van der Waals surface area contributed by atoms with E-state index in [-0.39, 0.29) is 5.91 Å². The first-order valence-corrected chi connectivity index (χ1v) is 9.80. The molecule has 0 aliphatic rings. The maximum absolute atomic E-state index is 11.8. The number of benzene rings is 1. The Morgan fingerprint density at radius 2 is 1.85 bits per heavy atom. The number of aryl methyl sites for hydroxylation is 1. The van der Waals surface area contributed by atoms with Crippen LogP contribution in [0, 0.1) is 6.92 Å². The van der Waals surface area contributed by atoms with Crippen LogP contribution in [0.2, 0.25) is 0 Å². The van der Waals surface area contributed by atoms with Gasteiger partial charge < -0.3 is 16.0 Å². The second kappa shape index (κ2) is 10.6. The Morgan fingerprint density at radius 3 is 2.46 bits per heavy atom. The monoisotopic (exact) mass is 373 g/mol. The van der Waals surface area contributed by atoms with E-state index in [0.29, 0.717) is 18.7 Å². The number of rotatable bonds is 8. The number of nitrogens with zero attached hydrogens (tertiary/aromatic N) is 2. The molecule has 0 unspecified atom stereocenters. The zero-order valence-electron chi connectivity index (χ0n) is 15.6. The summed E-state index contributed by atoms with van der Waals surface area (Å²) in [6, 6.07) is 7.55. The minimum atomic E-state index is -0.0465. The van der Waals surface area contributed by atoms with Gasteiger partial charge in [-0.3, -0.25) is 4.79 Å². The summed E-state index contributed by atoms with van der Waals surface area (Å²) in [4.78, 5) is 20.9. The van der Waals surface area contributed by atoms with Gasteiger partial charge in [-0.05, 0) is 38.5 Å². The van der Waals surface area contributed by atoms with E-state index < -0.39 is 0 Å². The lowest BCUT2D eigenvalue weighted by Gasteiger charge is -2.11. The predicted octanol–water partition coefficient (Wildman–Crippen LogP) is 2.50. The summed E-state index contributed by atoms with van der Waals surface area (Å²) >= 11 is 1.67. The highest BCUT2D eigenvalue weighted by molar-refractivity contribution is 7.09. The Labute approximate surface area is 159 Å². The molecule has 2 rings (SSSR count). The molecule has 0 radical (unpaired) electrons. The molecular weight excluding hydrogens is 346 g/mol. The Hall–Kier alpha value is -2.41. The van der Waals surface area contributed by atoms with E-state index in [2.05, 4.69) is 31.3 Å². The number of aliphatic imine (C=N–C) groups is 1. The van der Waals surface area contributed by atoms with E-state index >= 15 is 0 Å². The van der Waals surface area contributed by atoms with E-state index in [9.17, 15) is 4.79 Å². The van der Waals surface area contributed by atoms with Crippen LogP contribution in [-0.4, -0.2) is 36.5 Å². The normalized spacial score (nSPS) is 11.3. The maximum atomic E-state index is 11.8. The molecule has 0 spiro atoms. The molecule has 0 bridgehead atoms. The number of nitrogens with one attached hydrogen (secondary N) is 3. The van der Waals surface area contributed by atoms with Crippen molar-refractivity contribution in [1.29, 1.82) is 0 Å². The minimum absolute atomic E-state index is 0.0465. The standard InChI is InChI=1S/C19H27N5OS/c1-4-20-18(25)16-8-6-15(7-9-16)12-23-19(21-5-2)22-11-10-17-13-26-14(3)24-17/h6-9,13H,4-5,10-12H2,1-3H3,(H,20,25)(H2,21,22,23). The molecule has 7 heteroatoms. The minimum Gasteiger partial charge on any atom is -0.357 e. The molecule has 140 valence electrons. The molecule has 0 saturated carbocycles. The number of guanidine groups is 1. The van der Waals surface area contributed by atoms with Crippen LogP contribution < -0.4 is 16.0 Å². The van der Waals surface area contributed by atoms with Crippen molar-refractivity contribution in [3.05, 3.63) is 51.5 Å². The lowest BCUT2D eigenvalue weighted by molar-refractivity contribution is 0.0956. The number of hydrogen-bond donors (Lipinski definition) is 3. The molecule has 0 fully saturated rings. The average Bonchev–Trinajstić information content (AvgIpc) is 3.05. The smallest absolute Gasteiger partial charge is 0.251 e. The molecule has 1 amide bonds. The summed E-state index contributed by atoms with van der Waals surface area (Å²) in [5.74, 6) is 0.738. The first kappa shape index (κ1) is 19.9. The largest absolute Gasteiger partial charge is 0.357 e. The SMILES string of the molecule is CCNC(=O)c1ccc(CN=C(NCC)NCCc2csc(C)n2)cc1. The van der Waals surface area contributed by atoms with Gasteiger partial charge >= 0.3 is 0 Å². The molecule has 26 heavy (non-hydrogen) atoms. The lowest BCUT2D eigenvalue weighted by Crippen LogP contribution is -2.38. The first-order chi connectivity index (χ1) is 12.6. The van der Waals surface area contributed by atoms with Gasteiger partial charge in [-0.1, -0.05) is 12.1 Å². The molecule has 1 aromatic carbocycles. The fourth-order valence-electron chi connectivity index (χ4n) is 2.37. The van der Waals surface area contributed by atoms with E-state index in [0.717, 1.165) is 41.7 Å². The summed E-state index contributed by atoms with van der Waals surface area (Å²) in [7, 11) is 0. The van der Waals surface area contributed by atoms with Gasteiger partial charge in [-0.25, -0.2) is 9.98 Å². The fraction of sp³-hybridized carbons (Fsp3) is 0.421. The zero-order valence-corrected chi connectivity index (χ0v) is 16.4. The maximum Gasteiger partial charge on any atom is 0.251 e. The number of hydrogen-bond acceptors (Lipinski definition) is 4. The molecule has 0 saturated heterocycles. The van der Waals surface area contributed by atoms with Crippen LogP contribution in [0.25, 0.3) is 0 Å². The van der Waals surface area contributed by atoms with Crippen molar-refractivity contribution in [1.82, 2.24) is 20.9 Å². The van der Waals surface area contributed by atoms with E-state index in [4.69, 9.17) is 0 Å². The molecular formula is C19H27N5OS. The van der Waals surface area contributed by atoms with Crippen LogP contribution >= 0.6 is 11.3 Å². The topological polar surface area (TPSA) is 78.4 Å². The number of thiazole rings is 1. The predicted molar refractivity (Wildman–Crippen MR) is 108 cm³/mol. The summed E-state index contributed by atoms with van der Waals surface area (Å²) in [6.07, 6.45) is 0.871. The second-order valence-corrected chi connectivity index (χ2v) is 6.85. The molecule has 6 nitrogen and oxygen atoms in total. The van der Waals surface area contributed by atoms with E-state index in [1.807, 2.05) is 45.0 Å². The number of carbonyl (C=O) groups is 1. The summed E-state index contributed by atoms with van der Waals surface area (Å²) in [6.45, 7) is 8.74. The third-order valence-electron chi connectivity index (χ3n) is 3.66. The van der Waals surface area contributed by atoms with Crippen molar-refractivity contribution < 1.29 is 4.79 Å². The van der Waals surface area contributed by atoms with Crippen LogP contribution in [0.3, 0.4) is 0 Å². The van der Waals surface area contributed by atoms with Crippen LogP contribution in [0.1, 0.15) is 40.5 Å². The van der Waals surface area contributed by atoms with Gasteiger partial charge in [0.15, 0.2) is 5.96 Å². The van der Waals surface area contributed by atoms with Crippen molar-refractivity contribution in [2.45, 2.75) is 33.7 Å². The van der Waals surface area contributed by atoms with Gasteiger partial charge in [-0.15, -0.1) is 11.3 Å². The zero-order chi connectivity index (χ0) is 18.8. The van der Waals surface area contributed by atoms with Crippen LogP contribution in [0.4, 0.5) is 0 Å². The fourth-order valence-corrected chi connectivity index (χ4v) is 3.02. The van der Waals surface area contributed by atoms with Crippen LogP contribution in [0.5, 0.6) is 0 Å². The van der Waals surface area contributed by atoms with Gasteiger partial charge in [0.25, 0.3) is 5.91 Å². The number of carbonyl (C=O) groups excluding carboxylic acids is 1. The highest BCUT2D eigenvalue weighted by atomic mass is 32.1. The number of amides is 1. The third-order valence-corrected chi connectivity index (χ3v) is 4.48.